The number of allylic oxidation sites excluding steroid dienone is 2. The minimum Gasteiger partial charge on any atom is -0.497 e. The van der Waals surface area contributed by atoms with Gasteiger partial charge in [-0.15, -0.1) is 0 Å². The fourth-order valence-corrected chi connectivity index (χ4v) is 2.67. The van der Waals surface area contributed by atoms with Crippen molar-refractivity contribution in [2.24, 2.45) is 10.9 Å². The van der Waals surface area contributed by atoms with E-state index in [1.165, 1.54) is 13.2 Å². The first kappa shape index (κ1) is 21.9. The molecule has 0 radical (unpaired) electrons. The van der Waals surface area contributed by atoms with Crippen LogP contribution in [0.2, 0.25) is 0 Å². The first-order valence-corrected chi connectivity index (χ1v) is 9.41. The molecule has 0 aliphatic heterocycles. The first-order chi connectivity index (χ1) is 13.2. The van der Waals surface area contributed by atoms with Crippen molar-refractivity contribution in [3.63, 3.8) is 0 Å². The Hall–Kier alpha value is -2.40. The van der Waals surface area contributed by atoms with Gasteiger partial charge in [0.1, 0.15) is 11.5 Å². The van der Waals surface area contributed by atoms with Crippen molar-refractivity contribution in [3.05, 3.63) is 71.9 Å². The summed E-state index contributed by atoms with van der Waals surface area (Å²) in [5, 5.41) is -0.292. The number of nitrogens with one attached hydrogen (secondary N) is 1. The van der Waals surface area contributed by atoms with E-state index in [2.05, 4.69) is 10.3 Å². The van der Waals surface area contributed by atoms with Gasteiger partial charge in [0.2, 0.25) is 0 Å². The summed E-state index contributed by atoms with van der Waals surface area (Å²) in [4.78, 5) is 4.07. The van der Waals surface area contributed by atoms with E-state index >= 15 is 0 Å². The van der Waals surface area contributed by atoms with Crippen LogP contribution in [0.4, 0.5) is 14.5 Å². The molecule has 0 saturated carbocycles. The fourth-order valence-electron chi connectivity index (χ4n) is 2.57. The number of halogens is 3. The topological polar surface area (TPSA) is 33.6 Å². The molecule has 2 rings (SSSR count). The number of aliphatic imine (C=N–C) groups is 1. The molecular formula is C22H25ClF2N2O. The number of hydrogen-bond donors (Lipinski definition) is 1. The maximum atomic E-state index is 14.0. The minimum atomic E-state index is -3.60. The van der Waals surface area contributed by atoms with E-state index in [0.717, 1.165) is 5.56 Å². The van der Waals surface area contributed by atoms with Crippen LogP contribution < -0.4 is 10.1 Å². The number of alkyl halides is 3. The predicted octanol–water partition coefficient (Wildman–Crippen LogP) is 6.49. The van der Waals surface area contributed by atoms with Gasteiger partial charge in [-0.05, 0) is 60.3 Å². The summed E-state index contributed by atoms with van der Waals surface area (Å²) in [6, 6.07) is 16.2. The van der Waals surface area contributed by atoms with Gasteiger partial charge in [0.25, 0.3) is 0 Å². The monoisotopic (exact) mass is 406 g/mol. The third kappa shape index (κ3) is 6.34. The number of ether oxygens (including phenoxy) is 1. The predicted molar refractivity (Wildman–Crippen MR) is 112 cm³/mol. The average molecular weight is 407 g/mol. The molecule has 0 bridgehead atoms. The third-order valence-corrected chi connectivity index (χ3v) is 4.40. The van der Waals surface area contributed by atoms with Crippen LogP contribution in [0.25, 0.3) is 0 Å². The van der Waals surface area contributed by atoms with Crippen LogP contribution in [-0.4, -0.2) is 18.2 Å². The fraction of sp³-hybridized carbons (Fsp3) is 0.318. The zero-order valence-electron chi connectivity index (χ0n) is 16.4. The number of hydrogen-bond acceptors (Lipinski definition) is 3. The lowest BCUT2D eigenvalue weighted by molar-refractivity contribution is 0.176. The molecule has 0 heterocycles. The SMILES string of the molecule is COc1ccc(N=C(/C=C(\N[C@@H](C)c2ccccc2)C(C)C)C(F)(F)Cl)cc1. The largest absolute Gasteiger partial charge is 0.497 e. The summed E-state index contributed by atoms with van der Waals surface area (Å²) < 4.78 is 33.2. The van der Waals surface area contributed by atoms with E-state index in [-0.39, 0.29) is 12.0 Å². The number of benzene rings is 2. The normalized spacial score (nSPS) is 14.1. The second-order valence-electron chi connectivity index (χ2n) is 6.72. The molecule has 2 aromatic carbocycles. The molecule has 0 aliphatic rings. The second kappa shape index (κ2) is 9.69. The Kier molecular flexibility index (Phi) is 7.58. The van der Waals surface area contributed by atoms with Crippen molar-refractivity contribution in [2.45, 2.75) is 32.2 Å². The smallest absolute Gasteiger partial charge is 0.364 e. The van der Waals surface area contributed by atoms with Gasteiger partial charge in [0, 0.05) is 11.7 Å². The zero-order valence-corrected chi connectivity index (χ0v) is 17.2. The highest BCUT2D eigenvalue weighted by Crippen LogP contribution is 2.28. The summed E-state index contributed by atoms with van der Waals surface area (Å²) in [6.45, 7) is 5.83. The van der Waals surface area contributed by atoms with Crippen molar-refractivity contribution < 1.29 is 13.5 Å². The van der Waals surface area contributed by atoms with Gasteiger partial charge >= 0.3 is 5.38 Å². The van der Waals surface area contributed by atoms with Crippen LogP contribution >= 0.6 is 11.6 Å². The van der Waals surface area contributed by atoms with Crippen LogP contribution in [0.5, 0.6) is 5.75 Å². The highest BCUT2D eigenvalue weighted by atomic mass is 35.5. The third-order valence-electron chi connectivity index (χ3n) is 4.21. The Bertz CT molecular complexity index is 813. The van der Waals surface area contributed by atoms with Gasteiger partial charge in [0.05, 0.1) is 12.8 Å². The zero-order chi connectivity index (χ0) is 20.7. The van der Waals surface area contributed by atoms with E-state index in [0.29, 0.717) is 17.1 Å². The van der Waals surface area contributed by atoms with E-state index < -0.39 is 11.1 Å². The van der Waals surface area contributed by atoms with Crippen LogP contribution in [-0.2, 0) is 0 Å². The summed E-state index contributed by atoms with van der Waals surface area (Å²) in [6.07, 6.45) is 1.33. The lowest BCUT2D eigenvalue weighted by atomic mass is 10.0. The maximum Gasteiger partial charge on any atom is 0.364 e. The molecule has 0 saturated heterocycles. The quantitative estimate of drug-likeness (QED) is 0.401. The lowest BCUT2D eigenvalue weighted by Gasteiger charge is -2.22. The van der Waals surface area contributed by atoms with Crippen LogP contribution in [0.3, 0.4) is 0 Å². The molecule has 0 unspecified atom stereocenters. The Morgan fingerprint density at radius 3 is 2.18 bits per heavy atom. The van der Waals surface area contributed by atoms with Crippen molar-refractivity contribution >= 4 is 23.0 Å². The molecule has 2 aromatic rings. The lowest BCUT2D eigenvalue weighted by Crippen LogP contribution is -2.26. The van der Waals surface area contributed by atoms with Crippen LogP contribution in [0, 0.1) is 5.92 Å². The first-order valence-electron chi connectivity index (χ1n) is 9.03. The van der Waals surface area contributed by atoms with Crippen molar-refractivity contribution in [1.82, 2.24) is 5.32 Å². The van der Waals surface area contributed by atoms with Gasteiger partial charge in [-0.3, -0.25) is 0 Å². The van der Waals surface area contributed by atoms with E-state index in [1.54, 1.807) is 24.3 Å². The molecule has 0 amide bonds. The van der Waals surface area contributed by atoms with Crippen LogP contribution in [0.15, 0.2) is 71.4 Å². The number of nitrogens with zero attached hydrogens (tertiary/aromatic N) is 1. The van der Waals surface area contributed by atoms with E-state index in [9.17, 15) is 8.78 Å². The van der Waals surface area contributed by atoms with Gasteiger partial charge < -0.3 is 10.1 Å². The average Bonchev–Trinajstić information content (AvgIpc) is 2.67. The number of rotatable bonds is 8. The van der Waals surface area contributed by atoms with Crippen LogP contribution in [0.1, 0.15) is 32.4 Å². The van der Waals surface area contributed by atoms with Crippen molar-refractivity contribution in [3.8, 4) is 5.75 Å². The molecule has 1 N–H and O–H groups in total. The molecule has 3 nitrogen and oxygen atoms in total. The Labute approximate surface area is 170 Å². The van der Waals surface area contributed by atoms with Gasteiger partial charge in [-0.1, -0.05) is 44.2 Å². The Balaban J connectivity index is 2.36. The molecule has 0 fully saturated rings. The van der Waals surface area contributed by atoms with Gasteiger partial charge in [-0.2, -0.15) is 8.78 Å². The van der Waals surface area contributed by atoms with E-state index in [4.69, 9.17) is 16.3 Å². The van der Waals surface area contributed by atoms with Crippen molar-refractivity contribution in [1.29, 1.82) is 0 Å². The van der Waals surface area contributed by atoms with E-state index in [1.807, 2.05) is 51.1 Å². The summed E-state index contributed by atoms with van der Waals surface area (Å²) in [7, 11) is 1.54. The Morgan fingerprint density at radius 1 is 1.07 bits per heavy atom. The molecule has 0 spiro atoms. The molecule has 28 heavy (non-hydrogen) atoms. The van der Waals surface area contributed by atoms with Gasteiger partial charge in [0.15, 0.2) is 0 Å². The highest BCUT2D eigenvalue weighted by molar-refractivity contribution is 6.35. The molecule has 150 valence electrons. The minimum absolute atomic E-state index is 0.0220. The summed E-state index contributed by atoms with van der Waals surface area (Å²) in [5.74, 6) is 0.598. The summed E-state index contributed by atoms with van der Waals surface area (Å²) in [5.41, 5.74) is 1.53. The number of methoxy groups -OCH3 is 1. The molecule has 0 aromatic heterocycles. The molecule has 6 heteroatoms. The molecule has 0 aliphatic carbocycles. The maximum absolute atomic E-state index is 14.0. The highest BCUT2D eigenvalue weighted by Gasteiger charge is 2.32. The summed E-state index contributed by atoms with van der Waals surface area (Å²) >= 11 is 5.35. The van der Waals surface area contributed by atoms with Gasteiger partial charge in [-0.25, -0.2) is 4.99 Å². The standard InChI is InChI=1S/C22H25ClF2N2O/c1-15(2)20(26-16(3)17-8-6-5-7-9-17)14-21(22(23,24)25)27-18-10-12-19(28-4)13-11-18/h5-16,26H,1-4H3/b20-14-,27-21?/t16-/m0/s1. The molecular weight excluding hydrogens is 382 g/mol. The second-order valence-corrected chi connectivity index (χ2v) is 7.20. The molecule has 1 atom stereocenters. The Morgan fingerprint density at radius 2 is 1.68 bits per heavy atom. The van der Waals surface area contributed by atoms with Crippen molar-refractivity contribution in [2.75, 3.05) is 7.11 Å².